The second-order valence-electron chi connectivity index (χ2n) is 5.53. The highest BCUT2D eigenvalue weighted by Gasteiger charge is 2.01. The van der Waals surface area contributed by atoms with Gasteiger partial charge >= 0.3 is 0 Å². The fraction of sp³-hybridized carbons (Fsp3) is 0.444. The van der Waals surface area contributed by atoms with Crippen molar-refractivity contribution < 1.29 is 0 Å². The summed E-state index contributed by atoms with van der Waals surface area (Å²) in [6.45, 7) is 7.20. The van der Waals surface area contributed by atoms with E-state index in [-0.39, 0.29) is 0 Å². The van der Waals surface area contributed by atoms with Gasteiger partial charge in [0.1, 0.15) is 0 Å². The average Bonchev–Trinajstić information content (AvgIpc) is 2.87. The van der Waals surface area contributed by atoms with Gasteiger partial charge in [0.25, 0.3) is 0 Å². The molecule has 0 bridgehead atoms. The van der Waals surface area contributed by atoms with Crippen LogP contribution in [0.1, 0.15) is 44.4 Å². The van der Waals surface area contributed by atoms with Crippen molar-refractivity contribution in [1.82, 2.24) is 4.68 Å². The van der Waals surface area contributed by atoms with Gasteiger partial charge in [0, 0.05) is 17.6 Å². The number of unbranched alkanes of at least 4 members (excludes halogenated alkanes) is 1. The van der Waals surface area contributed by atoms with E-state index in [4.69, 9.17) is 10.1 Å². The third-order valence-electron chi connectivity index (χ3n) is 3.50. The van der Waals surface area contributed by atoms with Gasteiger partial charge in [-0.15, -0.1) is 11.3 Å². The van der Waals surface area contributed by atoms with Crippen LogP contribution in [0.5, 0.6) is 0 Å². The second kappa shape index (κ2) is 8.69. The molecule has 0 aliphatic carbocycles. The van der Waals surface area contributed by atoms with Crippen molar-refractivity contribution in [3.8, 4) is 0 Å². The third-order valence-corrected chi connectivity index (χ3v) is 4.48. The molecule has 1 heterocycles. The molecule has 0 aliphatic heterocycles. The summed E-state index contributed by atoms with van der Waals surface area (Å²) >= 11 is 1.67. The Kier molecular flexibility index (Phi) is 6.59. The quantitative estimate of drug-likeness (QED) is 0.677. The van der Waals surface area contributed by atoms with Crippen LogP contribution in [0.25, 0.3) is 0 Å². The highest BCUT2D eigenvalue weighted by atomic mass is 32.1. The lowest BCUT2D eigenvalue weighted by Crippen LogP contribution is -2.14. The van der Waals surface area contributed by atoms with Crippen LogP contribution in [0.3, 0.4) is 0 Å². The summed E-state index contributed by atoms with van der Waals surface area (Å²) in [5, 5.41) is 6.85. The number of hydrogen-bond donors (Lipinski definition) is 0. The van der Waals surface area contributed by atoms with Crippen LogP contribution >= 0.6 is 11.3 Å². The molecule has 1 aromatic heterocycles. The maximum atomic E-state index is 4.73. The first-order valence-corrected chi connectivity index (χ1v) is 8.84. The monoisotopic (exact) mass is 315 g/mol. The molecule has 0 saturated heterocycles. The SMILES string of the molecule is CCCCC(C)=Nn1c(C)csc1=NCCc1ccccc1. The van der Waals surface area contributed by atoms with E-state index < -0.39 is 0 Å². The van der Waals surface area contributed by atoms with Crippen molar-refractivity contribution >= 4 is 17.0 Å². The summed E-state index contributed by atoms with van der Waals surface area (Å²) in [6.07, 6.45) is 4.42. The topological polar surface area (TPSA) is 29.6 Å². The summed E-state index contributed by atoms with van der Waals surface area (Å²) in [5.74, 6) is 0. The Morgan fingerprint density at radius 3 is 2.73 bits per heavy atom. The fourth-order valence-corrected chi connectivity index (χ4v) is 3.02. The summed E-state index contributed by atoms with van der Waals surface area (Å²) in [4.78, 5) is 5.72. The van der Waals surface area contributed by atoms with Crippen molar-refractivity contribution in [2.75, 3.05) is 6.54 Å². The van der Waals surface area contributed by atoms with Crippen LogP contribution in [-0.2, 0) is 6.42 Å². The molecule has 1 aromatic carbocycles. The lowest BCUT2D eigenvalue weighted by Gasteiger charge is -2.02. The number of aromatic nitrogens is 1. The van der Waals surface area contributed by atoms with Crippen molar-refractivity contribution in [3.63, 3.8) is 0 Å². The molecular weight excluding hydrogens is 290 g/mol. The molecule has 0 atom stereocenters. The highest BCUT2D eigenvalue weighted by molar-refractivity contribution is 7.07. The largest absolute Gasteiger partial charge is 0.257 e. The number of rotatable bonds is 7. The van der Waals surface area contributed by atoms with E-state index in [0.29, 0.717) is 0 Å². The molecule has 0 radical (unpaired) electrons. The molecule has 0 N–H and O–H groups in total. The molecule has 3 nitrogen and oxygen atoms in total. The molecule has 0 spiro atoms. The van der Waals surface area contributed by atoms with Crippen molar-refractivity contribution in [2.45, 2.75) is 46.5 Å². The molecule has 0 amide bonds. The standard InChI is InChI=1S/C18H25N3S/c1-4-5-9-15(2)20-21-16(3)14-22-18(21)19-13-12-17-10-7-6-8-11-17/h6-8,10-11,14H,4-5,9,12-13H2,1-3H3. The van der Waals surface area contributed by atoms with Gasteiger partial charge in [-0.05, 0) is 38.7 Å². The van der Waals surface area contributed by atoms with Crippen LogP contribution in [-0.4, -0.2) is 16.9 Å². The van der Waals surface area contributed by atoms with E-state index in [0.717, 1.165) is 29.9 Å². The minimum Gasteiger partial charge on any atom is -0.257 e. The van der Waals surface area contributed by atoms with Gasteiger partial charge < -0.3 is 0 Å². The van der Waals surface area contributed by atoms with E-state index in [1.54, 1.807) is 11.3 Å². The predicted molar refractivity (Wildman–Crippen MR) is 95.7 cm³/mol. The lowest BCUT2D eigenvalue weighted by molar-refractivity contribution is 0.761. The van der Waals surface area contributed by atoms with E-state index >= 15 is 0 Å². The number of aryl methyl sites for hydroxylation is 1. The molecule has 0 saturated carbocycles. The fourth-order valence-electron chi connectivity index (χ4n) is 2.19. The van der Waals surface area contributed by atoms with Gasteiger partial charge in [-0.2, -0.15) is 5.10 Å². The zero-order valence-electron chi connectivity index (χ0n) is 13.7. The minimum absolute atomic E-state index is 0.799. The first-order chi connectivity index (χ1) is 10.7. The average molecular weight is 315 g/mol. The van der Waals surface area contributed by atoms with Crippen LogP contribution in [0.4, 0.5) is 0 Å². The van der Waals surface area contributed by atoms with Gasteiger partial charge in [-0.3, -0.25) is 4.99 Å². The second-order valence-corrected chi connectivity index (χ2v) is 6.36. The molecular formula is C18H25N3S. The Labute approximate surface area is 137 Å². The summed E-state index contributed by atoms with van der Waals surface area (Å²) in [7, 11) is 0. The van der Waals surface area contributed by atoms with Crippen molar-refractivity contribution in [1.29, 1.82) is 0 Å². The predicted octanol–water partition coefficient (Wildman–Crippen LogP) is 4.42. The van der Waals surface area contributed by atoms with Gasteiger partial charge in [-0.25, -0.2) is 4.68 Å². The molecule has 0 fully saturated rings. The normalized spacial score (nSPS) is 12.9. The Morgan fingerprint density at radius 2 is 2.00 bits per heavy atom. The van der Waals surface area contributed by atoms with E-state index in [2.05, 4.69) is 50.4 Å². The Morgan fingerprint density at radius 1 is 1.23 bits per heavy atom. The Balaban J connectivity index is 2.09. The maximum Gasteiger partial charge on any atom is 0.205 e. The van der Waals surface area contributed by atoms with Gasteiger partial charge in [0.2, 0.25) is 4.80 Å². The molecule has 2 aromatic rings. The highest BCUT2D eigenvalue weighted by Crippen LogP contribution is 2.04. The summed E-state index contributed by atoms with van der Waals surface area (Å²) in [5.41, 5.74) is 3.65. The molecule has 2 rings (SSSR count). The van der Waals surface area contributed by atoms with Gasteiger partial charge in [-0.1, -0.05) is 43.7 Å². The third kappa shape index (κ3) is 4.95. The van der Waals surface area contributed by atoms with Crippen LogP contribution in [0.15, 0.2) is 45.8 Å². The van der Waals surface area contributed by atoms with E-state index in [9.17, 15) is 0 Å². The number of nitrogens with zero attached hydrogens (tertiary/aromatic N) is 3. The first kappa shape index (κ1) is 16.7. The van der Waals surface area contributed by atoms with Crippen molar-refractivity contribution in [3.05, 3.63) is 51.8 Å². The molecule has 118 valence electrons. The van der Waals surface area contributed by atoms with Crippen LogP contribution in [0, 0.1) is 6.92 Å². The number of benzene rings is 1. The zero-order valence-corrected chi connectivity index (χ0v) is 14.6. The first-order valence-electron chi connectivity index (χ1n) is 7.96. The minimum atomic E-state index is 0.799. The van der Waals surface area contributed by atoms with E-state index in [1.807, 2.05) is 10.7 Å². The zero-order chi connectivity index (χ0) is 15.8. The number of hydrogen-bond acceptors (Lipinski definition) is 3. The number of thiazole rings is 1. The molecule has 4 heteroatoms. The van der Waals surface area contributed by atoms with Crippen molar-refractivity contribution in [2.24, 2.45) is 10.1 Å². The smallest absolute Gasteiger partial charge is 0.205 e. The van der Waals surface area contributed by atoms with Gasteiger partial charge in [0.05, 0.1) is 5.69 Å². The lowest BCUT2D eigenvalue weighted by atomic mass is 10.2. The Bertz CT molecular complexity index is 665. The molecule has 22 heavy (non-hydrogen) atoms. The van der Waals surface area contributed by atoms with E-state index in [1.165, 1.54) is 24.1 Å². The van der Waals surface area contributed by atoms with Crippen LogP contribution in [0.2, 0.25) is 0 Å². The van der Waals surface area contributed by atoms with Gasteiger partial charge in [0.15, 0.2) is 0 Å². The van der Waals surface area contributed by atoms with Crippen LogP contribution < -0.4 is 4.80 Å². The summed E-state index contributed by atoms with van der Waals surface area (Å²) < 4.78 is 1.99. The molecule has 0 unspecified atom stereocenters. The Hall–Kier alpha value is -1.68. The summed E-state index contributed by atoms with van der Waals surface area (Å²) in [6, 6.07) is 10.5. The maximum absolute atomic E-state index is 4.73. The molecule has 0 aliphatic rings.